The van der Waals surface area contributed by atoms with Crippen LogP contribution in [0.4, 0.5) is 5.95 Å². The van der Waals surface area contributed by atoms with E-state index in [4.69, 9.17) is 0 Å². The zero-order valence-electron chi connectivity index (χ0n) is 7.32. The number of rotatable bonds is 1. The van der Waals surface area contributed by atoms with Crippen LogP contribution in [0.25, 0.3) is 0 Å². The van der Waals surface area contributed by atoms with Crippen molar-refractivity contribution in [3.63, 3.8) is 0 Å². The fraction of sp³-hybridized carbons (Fsp3) is 0.625. The number of imidazole rings is 1. The molecule has 0 bridgehead atoms. The molecule has 0 amide bonds. The van der Waals surface area contributed by atoms with E-state index in [0.717, 1.165) is 32.1 Å². The second-order valence-electron chi connectivity index (χ2n) is 3.20. The third kappa shape index (κ3) is 1.43. The van der Waals surface area contributed by atoms with Gasteiger partial charge in [-0.1, -0.05) is 0 Å². The number of nitrogens with zero attached hydrogens (tertiary/aromatic N) is 3. The van der Waals surface area contributed by atoms with Crippen molar-refractivity contribution in [1.82, 2.24) is 14.9 Å². The van der Waals surface area contributed by atoms with E-state index in [1.807, 2.05) is 6.20 Å². The Morgan fingerprint density at radius 2 is 2.08 bits per heavy atom. The highest BCUT2D eigenvalue weighted by molar-refractivity contribution is 5.29. The minimum atomic E-state index is 1.00. The minimum absolute atomic E-state index is 1.00. The van der Waals surface area contributed by atoms with Crippen molar-refractivity contribution in [3.8, 4) is 0 Å². The van der Waals surface area contributed by atoms with Crippen LogP contribution in [0.5, 0.6) is 0 Å². The number of H-pyrrole nitrogens is 1. The molecule has 1 aliphatic heterocycles. The predicted octanol–water partition coefficient (Wildman–Crippen LogP) is 0.161. The van der Waals surface area contributed by atoms with Gasteiger partial charge in [0.1, 0.15) is 0 Å². The molecular formula is C8H14N4. The van der Waals surface area contributed by atoms with Crippen molar-refractivity contribution in [2.24, 2.45) is 0 Å². The van der Waals surface area contributed by atoms with Crippen molar-refractivity contribution in [2.75, 3.05) is 38.1 Å². The lowest BCUT2D eigenvalue weighted by Crippen LogP contribution is -2.44. The molecule has 1 aromatic rings. The van der Waals surface area contributed by atoms with Crippen LogP contribution in [0.3, 0.4) is 0 Å². The number of anilines is 1. The minimum Gasteiger partial charge on any atom is -0.340 e. The summed E-state index contributed by atoms with van der Waals surface area (Å²) in [5.74, 6) is 1.00. The molecule has 2 heterocycles. The molecule has 1 fully saturated rings. The van der Waals surface area contributed by atoms with Gasteiger partial charge in [-0.05, 0) is 7.05 Å². The van der Waals surface area contributed by atoms with Gasteiger partial charge in [0.2, 0.25) is 5.95 Å². The highest BCUT2D eigenvalue weighted by Crippen LogP contribution is 2.08. The molecule has 12 heavy (non-hydrogen) atoms. The molecule has 0 aliphatic carbocycles. The zero-order chi connectivity index (χ0) is 8.39. The van der Waals surface area contributed by atoms with Crippen LogP contribution < -0.4 is 4.90 Å². The molecule has 1 aliphatic rings. The molecule has 1 saturated heterocycles. The first-order chi connectivity index (χ1) is 5.86. The van der Waals surface area contributed by atoms with Gasteiger partial charge in [-0.2, -0.15) is 0 Å². The molecule has 0 spiro atoms. The Labute approximate surface area is 72.2 Å². The Hall–Kier alpha value is -1.03. The van der Waals surface area contributed by atoms with Gasteiger partial charge < -0.3 is 14.8 Å². The Morgan fingerprint density at radius 1 is 1.33 bits per heavy atom. The summed E-state index contributed by atoms with van der Waals surface area (Å²) in [6, 6.07) is 0. The van der Waals surface area contributed by atoms with Crippen LogP contribution >= 0.6 is 0 Å². The van der Waals surface area contributed by atoms with Gasteiger partial charge in [-0.15, -0.1) is 0 Å². The quantitative estimate of drug-likeness (QED) is 0.645. The lowest BCUT2D eigenvalue weighted by atomic mass is 10.3. The van der Waals surface area contributed by atoms with Crippen molar-refractivity contribution >= 4 is 5.95 Å². The third-order valence-corrected chi connectivity index (χ3v) is 2.29. The van der Waals surface area contributed by atoms with E-state index in [9.17, 15) is 0 Å². The predicted molar refractivity (Wildman–Crippen MR) is 48.3 cm³/mol. The summed E-state index contributed by atoms with van der Waals surface area (Å²) in [4.78, 5) is 11.9. The van der Waals surface area contributed by atoms with Crippen LogP contribution in [0, 0.1) is 0 Å². The highest BCUT2D eigenvalue weighted by Gasteiger charge is 2.14. The molecule has 0 radical (unpaired) electrons. The largest absolute Gasteiger partial charge is 0.340 e. The molecular weight excluding hydrogens is 152 g/mol. The Morgan fingerprint density at radius 3 is 2.67 bits per heavy atom. The number of hydrogen-bond donors (Lipinski definition) is 1. The second kappa shape index (κ2) is 3.15. The lowest BCUT2D eigenvalue weighted by molar-refractivity contribution is 0.311. The van der Waals surface area contributed by atoms with Gasteiger partial charge in [0, 0.05) is 38.6 Å². The Kier molecular flexibility index (Phi) is 1.99. The second-order valence-corrected chi connectivity index (χ2v) is 3.20. The first-order valence-electron chi connectivity index (χ1n) is 4.29. The summed E-state index contributed by atoms with van der Waals surface area (Å²) < 4.78 is 0. The van der Waals surface area contributed by atoms with Crippen LogP contribution in [0.1, 0.15) is 0 Å². The first kappa shape index (κ1) is 7.61. The fourth-order valence-corrected chi connectivity index (χ4v) is 1.45. The van der Waals surface area contributed by atoms with Crippen LogP contribution in [-0.4, -0.2) is 48.1 Å². The number of likely N-dealkylation sites (N-methyl/N-ethyl adjacent to an activating group) is 1. The number of piperazine rings is 1. The van der Waals surface area contributed by atoms with Crippen molar-refractivity contribution < 1.29 is 0 Å². The number of aromatic amines is 1. The number of nitrogens with one attached hydrogen (secondary N) is 1. The van der Waals surface area contributed by atoms with E-state index in [-0.39, 0.29) is 0 Å². The number of hydrogen-bond acceptors (Lipinski definition) is 3. The molecule has 4 heteroatoms. The molecule has 4 nitrogen and oxygen atoms in total. The van der Waals surface area contributed by atoms with Crippen LogP contribution in [0.2, 0.25) is 0 Å². The average molecular weight is 166 g/mol. The maximum Gasteiger partial charge on any atom is 0.202 e. The molecule has 66 valence electrons. The van der Waals surface area contributed by atoms with Gasteiger partial charge in [0.05, 0.1) is 0 Å². The molecule has 1 aromatic heterocycles. The summed E-state index contributed by atoms with van der Waals surface area (Å²) in [5.41, 5.74) is 0. The summed E-state index contributed by atoms with van der Waals surface area (Å²) in [6.07, 6.45) is 3.67. The van der Waals surface area contributed by atoms with Gasteiger partial charge >= 0.3 is 0 Å². The number of aromatic nitrogens is 2. The molecule has 0 unspecified atom stereocenters. The normalized spacial score (nSPS) is 19.9. The molecule has 0 saturated carbocycles. The van der Waals surface area contributed by atoms with Crippen LogP contribution in [0.15, 0.2) is 12.4 Å². The maximum atomic E-state index is 4.22. The standard InChI is InChI=1S/C8H14N4/c1-11-4-6-12(7-5-11)8-9-2-3-10-8/h2-3H,4-7H2,1H3,(H,9,10). The topological polar surface area (TPSA) is 35.2 Å². The zero-order valence-corrected chi connectivity index (χ0v) is 7.32. The van der Waals surface area contributed by atoms with Crippen LogP contribution in [-0.2, 0) is 0 Å². The van der Waals surface area contributed by atoms with Gasteiger partial charge in [-0.25, -0.2) is 4.98 Å². The Balaban J connectivity index is 1.99. The Bertz CT molecular complexity index is 223. The third-order valence-electron chi connectivity index (χ3n) is 2.29. The van der Waals surface area contributed by atoms with E-state index in [1.165, 1.54) is 0 Å². The maximum absolute atomic E-state index is 4.22. The summed E-state index contributed by atoms with van der Waals surface area (Å²) >= 11 is 0. The summed E-state index contributed by atoms with van der Waals surface area (Å²) in [5, 5.41) is 0. The molecule has 2 rings (SSSR count). The molecule has 0 atom stereocenters. The smallest absolute Gasteiger partial charge is 0.202 e. The van der Waals surface area contributed by atoms with E-state index >= 15 is 0 Å². The van der Waals surface area contributed by atoms with Gasteiger partial charge in [0.25, 0.3) is 0 Å². The van der Waals surface area contributed by atoms with Crippen molar-refractivity contribution in [1.29, 1.82) is 0 Å². The van der Waals surface area contributed by atoms with E-state index in [0.29, 0.717) is 0 Å². The molecule has 1 N–H and O–H groups in total. The van der Waals surface area contributed by atoms with E-state index in [2.05, 4.69) is 26.8 Å². The first-order valence-corrected chi connectivity index (χ1v) is 4.29. The molecule has 0 aromatic carbocycles. The summed E-state index contributed by atoms with van der Waals surface area (Å²) in [7, 11) is 2.15. The monoisotopic (exact) mass is 166 g/mol. The van der Waals surface area contributed by atoms with Gasteiger partial charge in [-0.3, -0.25) is 0 Å². The lowest BCUT2D eigenvalue weighted by Gasteiger charge is -2.31. The van der Waals surface area contributed by atoms with Crippen molar-refractivity contribution in [2.45, 2.75) is 0 Å². The van der Waals surface area contributed by atoms with Gasteiger partial charge in [0.15, 0.2) is 0 Å². The van der Waals surface area contributed by atoms with E-state index < -0.39 is 0 Å². The van der Waals surface area contributed by atoms with Crippen molar-refractivity contribution in [3.05, 3.63) is 12.4 Å². The summed E-state index contributed by atoms with van der Waals surface area (Å²) in [6.45, 7) is 4.40. The fourth-order valence-electron chi connectivity index (χ4n) is 1.45. The average Bonchev–Trinajstić information content (AvgIpc) is 2.58. The highest BCUT2D eigenvalue weighted by atomic mass is 15.3. The SMILES string of the molecule is CN1CCN(c2ncc[nH]2)CC1. The van der Waals surface area contributed by atoms with E-state index in [1.54, 1.807) is 6.20 Å².